The standard InChI is InChI=1S/C30H32BF3N2O5S/c1-29(2,3)41-28(37)36-17-19(27-23-8-4-6-10-25(23)31-26-11-7-5-9-24(26)27)16-20(18-36)35-42(38,39)22-14-12-21(13-15-22)40-30(32,33)34/h4-15,19-20,27,31,35H,16-18H2,1-3H3/t19?,20-/m0/s1. The van der Waals surface area contributed by atoms with E-state index in [0.717, 1.165) is 42.7 Å². The topological polar surface area (TPSA) is 84.9 Å². The molecule has 42 heavy (non-hydrogen) atoms. The number of halogens is 3. The number of fused-ring (bicyclic) bond motifs is 2. The first-order chi connectivity index (χ1) is 19.7. The molecule has 0 spiro atoms. The summed E-state index contributed by atoms with van der Waals surface area (Å²) in [5, 5.41) is 0. The Labute approximate surface area is 244 Å². The van der Waals surface area contributed by atoms with E-state index in [4.69, 9.17) is 4.74 Å². The average Bonchev–Trinajstić information content (AvgIpc) is 2.89. The number of hydrogen-bond acceptors (Lipinski definition) is 5. The van der Waals surface area contributed by atoms with Gasteiger partial charge in [-0.05, 0) is 68.5 Å². The number of ether oxygens (including phenoxy) is 2. The van der Waals surface area contributed by atoms with Gasteiger partial charge in [0.15, 0.2) is 7.28 Å². The van der Waals surface area contributed by atoms with Gasteiger partial charge in [-0.3, -0.25) is 0 Å². The molecule has 1 N–H and O–H groups in total. The van der Waals surface area contributed by atoms with Crippen LogP contribution in [-0.2, 0) is 14.8 Å². The molecule has 1 saturated heterocycles. The van der Waals surface area contributed by atoms with Crippen molar-refractivity contribution in [3.63, 3.8) is 0 Å². The van der Waals surface area contributed by atoms with Crippen molar-refractivity contribution in [1.29, 1.82) is 0 Å². The fraction of sp³-hybridized carbons (Fsp3) is 0.367. The van der Waals surface area contributed by atoms with E-state index < -0.39 is 39.9 Å². The summed E-state index contributed by atoms with van der Waals surface area (Å²) in [6.45, 7) is 5.75. The van der Waals surface area contributed by atoms with Crippen molar-refractivity contribution in [2.24, 2.45) is 5.92 Å². The van der Waals surface area contributed by atoms with Crippen molar-refractivity contribution in [1.82, 2.24) is 9.62 Å². The lowest BCUT2D eigenvalue weighted by Gasteiger charge is -2.43. The third-order valence-corrected chi connectivity index (χ3v) is 8.99. The monoisotopic (exact) mass is 600 g/mol. The highest BCUT2D eigenvalue weighted by molar-refractivity contribution is 7.89. The quantitative estimate of drug-likeness (QED) is 0.448. The molecule has 5 rings (SSSR count). The van der Waals surface area contributed by atoms with E-state index in [1.54, 1.807) is 25.7 Å². The van der Waals surface area contributed by atoms with Crippen LogP contribution in [0.25, 0.3) is 0 Å². The van der Waals surface area contributed by atoms with Crippen molar-refractivity contribution in [2.45, 2.75) is 56.0 Å². The van der Waals surface area contributed by atoms with Gasteiger partial charge in [-0.25, -0.2) is 17.9 Å². The summed E-state index contributed by atoms with van der Waals surface area (Å²) in [4.78, 5) is 14.6. The van der Waals surface area contributed by atoms with Crippen LogP contribution in [0, 0.1) is 5.92 Å². The molecule has 3 aromatic carbocycles. The van der Waals surface area contributed by atoms with Gasteiger partial charge in [0.2, 0.25) is 10.0 Å². The van der Waals surface area contributed by atoms with E-state index >= 15 is 0 Å². The van der Waals surface area contributed by atoms with E-state index in [0.29, 0.717) is 13.0 Å². The minimum Gasteiger partial charge on any atom is -0.444 e. The summed E-state index contributed by atoms with van der Waals surface area (Å²) in [6, 6.07) is 19.7. The molecule has 0 radical (unpaired) electrons. The molecule has 0 aromatic heterocycles. The van der Waals surface area contributed by atoms with Crippen LogP contribution in [0.15, 0.2) is 77.7 Å². The first-order valence-corrected chi connectivity index (χ1v) is 15.2. The predicted octanol–water partition coefficient (Wildman–Crippen LogP) is 4.02. The molecule has 3 aromatic rings. The highest BCUT2D eigenvalue weighted by atomic mass is 32.2. The van der Waals surface area contributed by atoms with Crippen LogP contribution in [0.3, 0.4) is 0 Å². The summed E-state index contributed by atoms with van der Waals surface area (Å²) in [5.74, 6) is -0.753. The molecule has 0 bridgehead atoms. The van der Waals surface area contributed by atoms with Gasteiger partial charge in [-0.1, -0.05) is 59.5 Å². The number of alkyl halides is 3. The van der Waals surface area contributed by atoms with Crippen molar-refractivity contribution in [3.05, 3.63) is 83.9 Å². The lowest BCUT2D eigenvalue weighted by Crippen LogP contribution is -2.55. The molecular weight excluding hydrogens is 568 g/mol. The van der Waals surface area contributed by atoms with Gasteiger partial charge in [-0.2, -0.15) is 0 Å². The van der Waals surface area contributed by atoms with Gasteiger partial charge in [0.25, 0.3) is 0 Å². The molecule has 2 atom stereocenters. The fourth-order valence-corrected chi connectivity index (χ4v) is 7.17. The summed E-state index contributed by atoms with van der Waals surface area (Å²) in [5.41, 5.74) is 3.93. The number of nitrogens with zero attached hydrogens (tertiary/aromatic N) is 1. The fourth-order valence-electron chi connectivity index (χ4n) is 5.93. The van der Waals surface area contributed by atoms with E-state index in [2.05, 4.69) is 33.7 Å². The Balaban J connectivity index is 1.46. The number of piperidine rings is 1. The van der Waals surface area contributed by atoms with Crippen LogP contribution in [-0.4, -0.2) is 57.8 Å². The van der Waals surface area contributed by atoms with Crippen molar-refractivity contribution in [3.8, 4) is 5.75 Å². The molecule has 2 heterocycles. The molecule has 12 heteroatoms. The lowest BCUT2D eigenvalue weighted by atomic mass is 9.52. The van der Waals surface area contributed by atoms with Gasteiger partial charge < -0.3 is 14.4 Å². The number of rotatable bonds is 5. The first kappa shape index (κ1) is 30.0. The van der Waals surface area contributed by atoms with E-state index in [1.165, 1.54) is 10.9 Å². The zero-order valence-electron chi connectivity index (χ0n) is 23.5. The Bertz CT molecular complexity index is 1510. The summed E-state index contributed by atoms with van der Waals surface area (Å²) < 4.78 is 76.7. The van der Waals surface area contributed by atoms with Gasteiger partial charge in [0.1, 0.15) is 11.4 Å². The van der Waals surface area contributed by atoms with Crippen molar-refractivity contribution < 1.29 is 35.9 Å². The van der Waals surface area contributed by atoms with E-state index in [-0.39, 0.29) is 23.3 Å². The second kappa shape index (κ2) is 11.3. The molecule has 7 nitrogen and oxygen atoms in total. The van der Waals surface area contributed by atoms with E-state index in [1.807, 2.05) is 24.3 Å². The Morgan fingerprint density at radius 3 is 2.02 bits per heavy atom. The number of nitrogens with one attached hydrogen (secondary N) is 1. The molecule has 1 amide bonds. The average molecular weight is 600 g/mol. The maximum atomic E-state index is 13.4. The Kier molecular flexibility index (Phi) is 8.06. The van der Waals surface area contributed by atoms with E-state index in [9.17, 15) is 26.4 Å². The molecule has 0 saturated carbocycles. The predicted molar refractivity (Wildman–Crippen MR) is 154 cm³/mol. The Morgan fingerprint density at radius 2 is 1.48 bits per heavy atom. The molecule has 0 aliphatic carbocycles. The van der Waals surface area contributed by atoms with Crippen LogP contribution in [0.2, 0.25) is 0 Å². The highest BCUT2D eigenvalue weighted by Gasteiger charge is 2.41. The summed E-state index contributed by atoms with van der Waals surface area (Å²) in [6.07, 6.45) is -5.00. The largest absolute Gasteiger partial charge is 0.573 e. The number of likely N-dealkylation sites (tertiary alicyclic amines) is 1. The zero-order chi connectivity index (χ0) is 30.3. The van der Waals surface area contributed by atoms with Crippen molar-refractivity contribution in [2.75, 3.05) is 13.1 Å². The SMILES string of the molecule is CC(C)(C)OC(=O)N1CC(C2c3ccccc3Bc3ccccc32)C[C@H](NS(=O)(=O)c2ccc(OC(F)(F)F)cc2)C1. The first-order valence-electron chi connectivity index (χ1n) is 13.7. The van der Waals surface area contributed by atoms with Gasteiger partial charge in [-0.15, -0.1) is 13.2 Å². The summed E-state index contributed by atoms with van der Waals surface area (Å²) >= 11 is 0. The molecular formula is C30H32BF3N2O5S. The number of carbonyl (C=O) groups excluding carboxylic acids is 1. The normalized spacial score (nSPS) is 19.3. The summed E-state index contributed by atoms with van der Waals surface area (Å²) in [7, 11) is -3.36. The smallest absolute Gasteiger partial charge is 0.444 e. The lowest BCUT2D eigenvalue weighted by molar-refractivity contribution is -0.274. The zero-order valence-corrected chi connectivity index (χ0v) is 24.3. The Morgan fingerprint density at radius 1 is 0.905 bits per heavy atom. The molecule has 1 fully saturated rings. The molecule has 2 aliphatic heterocycles. The second-order valence-corrected chi connectivity index (χ2v) is 13.5. The van der Waals surface area contributed by atoms with Crippen LogP contribution in [0.5, 0.6) is 5.75 Å². The maximum Gasteiger partial charge on any atom is 0.573 e. The number of amides is 1. The molecule has 2 aliphatic rings. The third-order valence-electron chi connectivity index (χ3n) is 7.46. The van der Waals surface area contributed by atoms with Crippen LogP contribution in [0.4, 0.5) is 18.0 Å². The second-order valence-electron chi connectivity index (χ2n) is 11.8. The maximum absolute atomic E-state index is 13.4. The molecule has 1 unspecified atom stereocenters. The van der Waals surface area contributed by atoms with Crippen LogP contribution >= 0.6 is 0 Å². The number of benzene rings is 3. The number of carbonyl (C=O) groups is 1. The number of hydrogen-bond donors (Lipinski definition) is 1. The molecule has 222 valence electrons. The van der Waals surface area contributed by atoms with Gasteiger partial charge in [0.05, 0.1) is 4.90 Å². The minimum absolute atomic E-state index is 0.0793. The Hall–Kier alpha value is -3.51. The number of sulfonamides is 1. The van der Waals surface area contributed by atoms with Crippen LogP contribution < -0.4 is 20.4 Å². The van der Waals surface area contributed by atoms with Crippen molar-refractivity contribution >= 4 is 34.3 Å². The highest BCUT2D eigenvalue weighted by Crippen LogP contribution is 2.38. The van der Waals surface area contributed by atoms with Crippen LogP contribution in [0.1, 0.15) is 44.2 Å². The minimum atomic E-state index is -4.89. The van der Waals surface area contributed by atoms with Gasteiger partial charge in [0, 0.05) is 25.0 Å². The van der Waals surface area contributed by atoms with Gasteiger partial charge >= 0.3 is 12.5 Å². The third kappa shape index (κ3) is 6.92.